The van der Waals surface area contributed by atoms with Crippen molar-refractivity contribution in [3.8, 4) is 18.2 Å². The normalized spacial score (nSPS) is 30.5. The van der Waals surface area contributed by atoms with Crippen LogP contribution in [0.3, 0.4) is 0 Å². The van der Waals surface area contributed by atoms with Gasteiger partial charge >= 0.3 is 0 Å². The molecule has 0 amide bonds. The molecule has 2 fully saturated rings. The number of hydrogen-bond acceptors (Lipinski definition) is 6. The second-order valence-corrected chi connectivity index (χ2v) is 8.18. The molecule has 2 saturated heterocycles. The van der Waals surface area contributed by atoms with Crippen LogP contribution in [0.4, 0.5) is 4.39 Å². The van der Waals surface area contributed by atoms with E-state index in [-0.39, 0.29) is 10.6 Å². The van der Waals surface area contributed by atoms with Gasteiger partial charge in [-0.2, -0.15) is 15.8 Å². The highest BCUT2D eigenvalue weighted by Crippen LogP contribution is 2.69. The second-order valence-electron chi connectivity index (χ2n) is 7.77. The largest absolute Gasteiger partial charge is 0.443 e. The van der Waals surface area contributed by atoms with E-state index in [1.54, 1.807) is 31.2 Å². The van der Waals surface area contributed by atoms with Gasteiger partial charge in [0.1, 0.15) is 11.9 Å². The third kappa shape index (κ3) is 2.35. The molecule has 0 aliphatic carbocycles. The summed E-state index contributed by atoms with van der Waals surface area (Å²) in [6.45, 7) is 3.48. The van der Waals surface area contributed by atoms with Gasteiger partial charge in [0.2, 0.25) is 17.1 Å². The first kappa shape index (κ1) is 20.8. The Morgan fingerprint density at radius 1 is 1.06 bits per heavy atom. The maximum absolute atomic E-state index is 15.0. The minimum atomic E-state index is -2.28. The van der Waals surface area contributed by atoms with E-state index in [2.05, 4.69) is 0 Å². The van der Waals surface area contributed by atoms with Gasteiger partial charge in [-0.05, 0) is 19.1 Å². The highest BCUT2D eigenvalue weighted by Gasteiger charge is 2.80. The Kier molecular flexibility index (Phi) is 4.56. The van der Waals surface area contributed by atoms with Crippen LogP contribution in [0, 0.1) is 68.9 Å². The van der Waals surface area contributed by atoms with Crippen molar-refractivity contribution in [2.45, 2.75) is 25.7 Å². The first-order valence-electron chi connectivity index (χ1n) is 9.44. The number of halogens is 2. The Bertz CT molecular complexity index is 1190. The van der Waals surface area contributed by atoms with Crippen molar-refractivity contribution in [2.75, 3.05) is 0 Å². The average molecular weight is 435 g/mol. The minimum absolute atomic E-state index is 0.0625. The van der Waals surface area contributed by atoms with Gasteiger partial charge in [-0.25, -0.2) is 4.39 Å². The summed E-state index contributed by atoms with van der Waals surface area (Å²) in [7, 11) is 0. The van der Waals surface area contributed by atoms with Gasteiger partial charge in [0.25, 0.3) is 0 Å². The van der Waals surface area contributed by atoms with Crippen LogP contribution in [-0.4, -0.2) is 5.90 Å². The Labute approximate surface area is 183 Å². The molecule has 2 heterocycles. The van der Waals surface area contributed by atoms with E-state index in [9.17, 15) is 20.2 Å². The van der Waals surface area contributed by atoms with Gasteiger partial charge in [0.05, 0.1) is 24.1 Å². The van der Waals surface area contributed by atoms with Gasteiger partial charge in [-0.15, -0.1) is 0 Å². The van der Waals surface area contributed by atoms with Crippen LogP contribution in [0.2, 0.25) is 5.02 Å². The molecule has 4 rings (SSSR count). The van der Waals surface area contributed by atoms with Gasteiger partial charge < -0.3 is 9.47 Å². The molecule has 0 saturated carbocycles. The fraction of sp³-hybridized carbons (Fsp3) is 0.304. The topological polar surface area (TPSA) is 114 Å². The summed E-state index contributed by atoms with van der Waals surface area (Å²) in [5.74, 6) is -3.98. The van der Waals surface area contributed by atoms with Crippen molar-refractivity contribution in [3.05, 3.63) is 70.0 Å². The summed E-state index contributed by atoms with van der Waals surface area (Å²) >= 11 is 6.28. The fourth-order valence-electron chi connectivity index (χ4n) is 4.67. The molecule has 2 aliphatic heterocycles. The van der Waals surface area contributed by atoms with Crippen LogP contribution in [-0.2, 0) is 15.3 Å². The summed E-state index contributed by atoms with van der Waals surface area (Å²) in [4.78, 5) is 0. The minimum Gasteiger partial charge on any atom is -0.443 e. The summed E-state index contributed by atoms with van der Waals surface area (Å²) in [6.07, 6.45) is -1.59. The number of hydrogen-bond donors (Lipinski definition) is 1. The molecular weight excluding hydrogens is 419 g/mol. The van der Waals surface area contributed by atoms with Gasteiger partial charge in [-0.3, -0.25) is 5.41 Å². The third-order valence-corrected chi connectivity index (χ3v) is 6.71. The van der Waals surface area contributed by atoms with Crippen LogP contribution >= 0.6 is 11.6 Å². The molecule has 4 unspecified atom stereocenters. The lowest BCUT2D eigenvalue weighted by Crippen LogP contribution is -2.57. The van der Waals surface area contributed by atoms with E-state index in [0.29, 0.717) is 5.56 Å². The zero-order valence-electron chi connectivity index (χ0n) is 16.6. The molecule has 2 bridgehead atoms. The Balaban J connectivity index is 2.09. The maximum atomic E-state index is 15.0. The number of aryl methyl sites for hydroxylation is 1. The van der Waals surface area contributed by atoms with E-state index in [0.717, 1.165) is 11.6 Å². The number of nitrogens with zero attached hydrogens (tertiary/aromatic N) is 3. The van der Waals surface area contributed by atoms with E-state index in [1.165, 1.54) is 12.1 Å². The number of nitriles is 3. The molecule has 2 aromatic carbocycles. The predicted octanol–water partition coefficient (Wildman–Crippen LogP) is 4.90. The number of fused-ring (bicyclic) bond motifs is 2. The molecule has 2 aromatic rings. The molecule has 1 N–H and O–H groups in total. The summed E-state index contributed by atoms with van der Waals surface area (Å²) in [6, 6.07) is 16.7. The molecule has 31 heavy (non-hydrogen) atoms. The molecule has 154 valence electrons. The van der Waals surface area contributed by atoms with Gasteiger partial charge in [0, 0.05) is 16.1 Å². The molecule has 0 spiro atoms. The smallest absolute Gasteiger partial charge is 0.244 e. The van der Waals surface area contributed by atoms with Crippen molar-refractivity contribution < 1.29 is 13.9 Å². The first-order chi connectivity index (χ1) is 14.7. The van der Waals surface area contributed by atoms with E-state index in [1.807, 2.05) is 25.1 Å². The number of benzene rings is 2. The average Bonchev–Trinajstić information content (AvgIpc) is 2.91. The van der Waals surface area contributed by atoms with Crippen molar-refractivity contribution in [1.29, 1.82) is 21.2 Å². The monoisotopic (exact) mass is 434 g/mol. The van der Waals surface area contributed by atoms with E-state index >= 15 is 0 Å². The lowest BCUT2D eigenvalue weighted by atomic mass is 9.53. The van der Waals surface area contributed by atoms with Crippen molar-refractivity contribution in [2.24, 2.45) is 16.7 Å². The highest BCUT2D eigenvalue weighted by molar-refractivity contribution is 6.31. The first-order valence-corrected chi connectivity index (χ1v) is 9.82. The SMILES string of the molecule is Cc1ccc(C23OC(=N)C(C#N)(C2C)C(C#N)(C#N)C(c2c(F)cccc2Cl)O3)cc1. The molecule has 4 atom stereocenters. The molecule has 6 nitrogen and oxygen atoms in total. The number of rotatable bonds is 2. The third-order valence-electron chi connectivity index (χ3n) is 6.38. The quantitative estimate of drug-likeness (QED) is 0.722. The molecule has 2 aliphatic rings. The maximum Gasteiger partial charge on any atom is 0.244 e. The van der Waals surface area contributed by atoms with Crippen LogP contribution in [0.15, 0.2) is 42.5 Å². The standard InChI is InChI=1S/C23H16ClFN4O2/c1-13-6-8-15(9-7-13)23-14(2)22(12-28,20(29)31-23)21(10-26,11-27)19(30-23)18-16(24)4-3-5-17(18)25/h3-9,14,19,29H,1-2H3. The molecule has 0 aromatic heterocycles. The van der Waals surface area contributed by atoms with Crippen LogP contribution in [0.5, 0.6) is 0 Å². The van der Waals surface area contributed by atoms with E-state index < -0.39 is 40.4 Å². The van der Waals surface area contributed by atoms with Crippen molar-refractivity contribution >= 4 is 17.5 Å². The van der Waals surface area contributed by atoms with E-state index in [4.69, 9.17) is 26.5 Å². The zero-order chi connectivity index (χ0) is 22.6. The summed E-state index contributed by atoms with van der Waals surface area (Å²) < 4.78 is 27.1. The van der Waals surface area contributed by atoms with Gasteiger partial charge in [0.15, 0.2) is 5.41 Å². The lowest BCUT2D eigenvalue weighted by Gasteiger charge is -2.48. The van der Waals surface area contributed by atoms with Crippen LogP contribution in [0.1, 0.15) is 29.7 Å². The highest BCUT2D eigenvalue weighted by atomic mass is 35.5. The Morgan fingerprint density at radius 3 is 2.26 bits per heavy atom. The molecule has 8 heteroatoms. The molecule has 0 radical (unpaired) electrons. The predicted molar refractivity (Wildman–Crippen MR) is 108 cm³/mol. The fourth-order valence-corrected chi connectivity index (χ4v) is 4.94. The molecular formula is C23H16ClFN4O2. The number of nitrogens with one attached hydrogen (secondary N) is 1. The zero-order valence-corrected chi connectivity index (χ0v) is 17.4. The van der Waals surface area contributed by atoms with Crippen LogP contribution in [0.25, 0.3) is 0 Å². The van der Waals surface area contributed by atoms with Crippen LogP contribution < -0.4 is 0 Å². The number of ether oxygens (including phenoxy) is 2. The Hall–Kier alpha value is -3.44. The van der Waals surface area contributed by atoms with Crippen molar-refractivity contribution in [3.63, 3.8) is 0 Å². The van der Waals surface area contributed by atoms with Gasteiger partial charge in [-0.1, -0.05) is 54.4 Å². The van der Waals surface area contributed by atoms with Crippen molar-refractivity contribution in [1.82, 2.24) is 0 Å². The summed E-state index contributed by atoms with van der Waals surface area (Å²) in [5, 5.41) is 39.1. The lowest BCUT2D eigenvalue weighted by molar-refractivity contribution is -0.289. The Morgan fingerprint density at radius 2 is 1.71 bits per heavy atom. The second kappa shape index (κ2) is 6.79. The summed E-state index contributed by atoms with van der Waals surface area (Å²) in [5.41, 5.74) is -3.09.